The minimum atomic E-state index is -0.704. The fourth-order valence-corrected chi connectivity index (χ4v) is 3.60. The first-order chi connectivity index (χ1) is 16.5. The summed E-state index contributed by atoms with van der Waals surface area (Å²) in [6, 6.07) is 10.9. The van der Waals surface area contributed by atoms with E-state index in [4.69, 9.17) is 14.2 Å². The molecule has 0 saturated heterocycles. The number of anilines is 1. The van der Waals surface area contributed by atoms with Gasteiger partial charge in [0.05, 0.1) is 19.8 Å². The van der Waals surface area contributed by atoms with E-state index in [2.05, 4.69) is 10.3 Å². The van der Waals surface area contributed by atoms with Gasteiger partial charge in [0.1, 0.15) is 17.1 Å². The molecule has 0 unspecified atom stereocenters. The maximum atomic E-state index is 13.5. The molecule has 2 heterocycles. The number of fused-ring (bicyclic) bond motifs is 1. The number of benzene rings is 1. The lowest BCUT2D eigenvalue weighted by Gasteiger charge is -2.18. The fourth-order valence-electron chi connectivity index (χ4n) is 3.60. The average molecular weight is 468 g/mol. The lowest BCUT2D eigenvalue weighted by atomic mass is 10.00. The SMILES string of the molecule is CCCn1c(=O)c(NC(=O)OCC)c(-c2cccc(OCCCOC(C)=O)c2)c2cccnc21. The van der Waals surface area contributed by atoms with Gasteiger partial charge in [0.15, 0.2) is 0 Å². The van der Waals surface area contributed by atoms with Crippen LogP contribution in [0, 0.1) is 0 Å². The Labute approximate surface area is 197 Å². The molecule has 180 valence electrons. The molecule has 1 N–H and O–H groups in total. The minimum absolute atomic E-state index is 0.124. The highest BCUT2D eigenvalue weighted by molar-refractivity contribution is 6.03. The number of aryl methyl sites for hydroxylation is 1. The van der Waals surface area contributed by atoms with Gasteiger partial charge < -0.3 is 14.2 Å². The lowest BCUT2D eigenvalue weighted by Crippen LogP contribution is -2.28. The first-order valence-corrected chi connectivity index (χ1v) is 11.3. The third-order valence-electron chi connectivity index (χ3n) is 4.96. The summed E-state index contributed by atoms with van der Waals surface area (Å²) >= 11 is 0. The zero-order valence-electron chi connectivity index (χ0n) is 19.6. The van der Waals surface area contributed by atoms with Crippen LogP contribution in [0.4, 0.5) is 10.5 Å². The number of nitrogens with one attached hydrogen (secondary N) is 1. The van der Waals surface area contributed by atoms with Crippen molar-refractivity contribution >= 4 is 28.8 Å². The van der Waals surface area contributed by atoms with E-state index in [1.807, 2.05) is 25.1 Å². The first kappa shape index (κ1) is 24.8. The van der Waals surface area contributed by atoms with Crippen molar-refractivity contribution in [1.82, 2.24) is 9.55 Å². The third-order valence-corrected chi connectivity index (χ3v) is 4.96. The van der Waals surface area contributed by atoms with Crippen molar-refractivity contribution in [3.8, 4) is 16.9 Å². The van der Waals surface area contributed by atoms with Crippen LogP contribution < -0.4 is 15.6 Å². The van der Waals surface area contributed by atoms with Gasteiger partial charge in [0.2, 0.25) is 0 Å². The van der Waals surface area contributed by atoms with Crippen molar-refractivity contribution in [3.05, 3.63) is 52.9 Å². The Hall–Kier alpha value is -3.88. The average Bonchev–Trinajstić information content (AvgIpc) is 2.82. The van der Waals surface area contributed by atoms with E-state index in [9.17, 15) is 14.4 Å². The number of amides is 1. The van der Waals surface area contributed by atoms with Crippen LogP contribution in [0.1, 0.15) is 33.6 Å². The quantitative estimate of drug-likeness (QED) is 0.348. The molecule has 0 aliphatic carbocycles. The van der Waals surface area contributed by atoms with E-state index in [0.717, 1.165) is 6.42 Å². The predicted octanol–water partition coefficient (Wildman–Crippen LogP) is 4.37. The Morgan fingerprint density at radius 2 is 1.91 bits per heavy atom. The molecule has 2 aromatic heterocycles. The van der Waals surface area contributed by atoms with Crippen LogP contribution in [0.3, 0.4) is 0 Å². The van der Waals surface area contributed by atoms with Gasteiger partial charge >= 0.3 is 12.1 Å². The smallest absolute Gasteiger partial charge is 0.411 e. The molecule has 1 amide bonds. The molecule has 34 heavy (non-hydrogen) atoms. The summed E-state index contributed by atoms with van der Waals surface area (Å²) < 4.78 is 17.3. The van der Waals surface area contributed by atoms with E-state index >= 15 is 0 Å². The highest BCUT2D eigenvalue weighted by atomic mass is 16.5. The molecule has 0 saturated carbocycles. The van der Waals surface area contributed by atoms with Crippen LogP contribution in [-0.4, -0.2) is 41.4 Å². The lowest BCUT2D eigenvalue weighted by molar-refractivity contribution is -0.141. The van der Waals surface area contributed by atoms with Crippen LogP contribution in [0.25, 0.3) is 22.2 Å². The summed E-state index contributed by atoms with van der Waals surface area (Å²) in [6.07, 6.45) is 2.20. The number of aromatic nitrogens is 2. The van der Waals surface area contributed by atoms with Gasteiger partial charge in [-0.3, -0.25) is 19.5 Å². The van der Waals surface area contributed by atoms with Crippen LogP contribution in [-0.2, 0) is 20.8 Å². The van der Waals surface area contributed by atoms with Crippen molar-refractivity contribution in [2.24, 2.45) is 0 Å². The zero-order chi connectivity index (χ0) is 24.5. The van der Waals surface area contributed by atoms with Crippen LogP contribution >= 0.6 is 0 Å². The van der Waals surface area contributed by atoms with Gasteiger partial charge in [0.25, 0.3) is 5.56 Å². The normalized spacial score (nSPS) is 10.7. The Balaban J connectivity index is 2.07. The molecule has 0 fully saturated rings. The summed E-state index contributed by atoms with van der Waals surface area (Å²) in [7, 11) is 0. The second-order valence-corrected chi connectivity index (χ2v) is 7.50. The molecule has 0 spiro atoms. The Morgan fingerprint density at radius 3 is 2.65 bits per heavy atom. The maximum Gasteiger partial charge on any atom is 0.411 e. The molecule has 3 rings (SSSR count). The molecule has 0 atom stereocenters. The molecular weight excluding hydrogens is 438 g/mol. The number of pyridine rings is 2. The number of carbonyl (C=O) groups is 2. The van der Waals surface area contributed by atoms with Crippen LogP contribution in [0.15, 0.2) is 47.4 Å². The first-order valence-electron chi connectivity index (χ1n) is 11.3. The van der Waals surface area contributed by atoms with Crippen molar-refractivity contribution in [2.75, 3.05) is 25.1 Å². The van der Waals surface area contributed by atoms with Crippen molar-refractivity contribution in [1.29, 1.82) is 0 Å². The number of carbonyl (C=O) groups excluding carboxylic acids is 2. The largest absolute Gasteiger partial charge is 0.493 e. The second-order valence-electron chi connectivity index (χ2n) is 7.50. The third kappa shape index (κ3) is 5.92. The zero-order valence-corrected chi connectivity index (χ0v) is 19.6. The summed E-state index contributed by atoms with van der Waals surface area (Å²) in [5.74, 6) is 0.249. The molecule has 9 nitrogen and oxygen atoms in total. The molecular formula is C25H29N3O6. The summed E-state index contributed by atoms with van der Waals surface area (Å²) in [5, 5.41) is 3.36. The number of esters is 1. The van der Waals surface area contributed by atoms with E-state index in [0.29, 0.717) is 47.5 Å². The topological polar surface area (TPSA) is 109 Å². The number of rotatable bonds is 10. The van der Waals surface area contributed by atoms with Crippen molar-refractivity contribution < 1.29 is 23.8 Å². The Bertz CT molecular complexity index is 1220. The van der Waals surface area contributed by atoms with E-state index in [1.165, 1.54) is 6.92 Å². The predicted molar refractivity (Wildman–Crippen MR) is 129 cm³/mol. The van der Waals surface area contributed by atoms with Crippen LogP contribution in [0.2, 0.25) is 0 Å². The van der Waals surface area contributed by atoms with E-state index < -0.39 is 6.09 Å². The summed E-state index contributed by atoms with van der Waals surface area (Å²) in [6.45, 7) is 6.28. The number of nitrogens with zero attached hydrogens (tertiary/aromatic N) is 2. The van der Waals surface area contributed by atoms with Gasteiger partial charge in [-0.15, -0.1) is 0 Å². The van der Waals surface area contributed by atoms with Gasteiger partial charge in [-0.05, 0) is 43.2 Å². The highest BCUT2D eigenvalue weighted by Crippen LogP contribution is 2.34. The standard InChI is InChI=1S/C25H29N3O6/c1-4-13-28-23-20(11-7-12-26-23)21(22(24(28)30)27-25(31)32-5-2)18-9-6-10-19(16-18)34-15-8-14-33-17(3)29/h6-7,9-12,16H,4-5,8,13-15H2,1-3H3,(H,27,31). The fraction of sp³-hybridized carbons (Fsp3) is 0.360. The van der Waals surface area contributed by atoms with E-state index in [1.54, 1.807) is 35.9 Å². The number of hydrogen-bond donors (Lipinski definition) is 1. The van der Waals surface area contributed by atoms with Crippen LogP contribution in [0.5, 0.6) is 5.75 Å². The monoisotopic (exact) mass is 467 g/mol. The summed E-state index contributed by atoms with van der Waals surface area (Å²) in [5.41, 5.74) is 1.52. The molecule has 0 bridgehead atoms. The maximum absolute atomic E-state index is 13.5. The Morgan fingerprint density at radius 1 is 1.09 bits per heavy atom. The van der Waals surface area contributed by atoms with Gasteiger partial charge in [-0.1, -0.05) is 19.1 Å². The van der Waals surface area contributed by atoms with Gasteiger partial charge in [0, 0.05) is 37.0 Å². The molecule has 3 aromatic rings. The minimum Gasteiger partial charge on any atom is -0.493 e. The molecule has 0 aliphatic rings. The molecule has 1 aromatic carbocycles. The number of ether oxygens (including phenoxy) is 3. The molecule has 0 radical (unpaired) electrons. The van der Waals surface area contributed by atoms with E-state index in [-0.39, 0.29) is 30.4 Å². The summed E-state index contributed by atoms with van der Waals surface area (Å²) in [4.78, 5) is 41.1. The number of hydrogen-bond acceptors (Lipinski definition) is 7. The molecule has 0 aliphatic heterocycles. The molecule has 9 heteroatoms. The van der Waals surface area contributed by atoms with Crippen molar-refractivity contribution in [2.45, 2.75) is 40.2 Å². The Kier molecular flexibility index (Phi) is 8.61. The highest BCUT2D eigenvalue weighted by Gasteiger charge is 2.21. The van der Waals surface area contributed by atoms with Crippen molar-refractivity contribution in [3.63, 3.8) is 0 Å². The van der Waals surface area contributed by atoms with Gasteiger partial charge in [-0.25, -0.2) is 9.78 Å². The second kappa shape index (κ2) is 11.8. The van der Waals surface area contributed by atoms with Gasteiger partial charge in [-0.2, -0.15) is 0 Å².